The second-order valence-electron chi connectivity index (χ2n) is 5.48. The lowest BCUT2D eigenvalue weighted by Gasteiger charge is -2.25. The fourth-order valence-electron chi connectivity index (χ4n) is 2.65. The van der Waals surface area contributed by atoms with E-state index in [0.717, 1.165) is 25.8 Å². The van der Waals surface area contributed by atoms with Crippen molar-refractivity contribution in [3.05, 3.63) is 11.7 Å². The van der Waals surface area contributed by atoms with Crippen LogP contribution in [0, 0.1) is 0 Å². The highest BCUT2D eigenvalue weighted by Gasteiger charge is 2.35. The van der Waals surface area contributed by atoms with Crippen LogP contribution in [-0.4, -0.2) is 55.1 Å². The van der Waals surface area contributed by atoms with Crippen LogP contribution in [0.3, 0.4) is 0 Å². The quantitative estimate of drug-likeness (QED) is 0.791. The fourth-order valence-corrected chi connectivity index (χ4v) is 2.65. The van der Waals surface area contributed by atoms with Crippen LogP contribution in [0.4, 0.5) is 0 Å². The topological polar surface area (TPSA) is 98.5 Å². The first kappa shape index (κ1) is 14.4. The lowest BCUT2D eigenvalue weighted by Crippen LogP contribution is -2.45. The standard InChI is InChI=1S/C13H20N4O4/c1-19-13(4-6-20-8-13)7-15-11(18)10-16-12(21-17-10)9-3-2-5-14-9/h9,14H,2-8H2,1H3,(H,15,18). The van der Waals surface area contributed by atoms with Crippen molar-refractivity contribution in [3.8, 4) is 0 Å². The first-order valence-corrected chi connectivity index (χ1v) is 7.20. The summed E-state index contributed by atoms with van der Waals surface area (Å²) in [7, 11) is 1.62. The van der Waals surface area contributed by atoms with Gasteiger partial charge in [-0.3, -0.25) is 4.79 Å². The molecule has 2 unspecified atom stereocenters. The third kappa shape index (κ3) is 3.07. The van der Waals surface area contributed by atoms with E-state index in [1.807, 2.05) is 0 Å². The molecule has 2 atom stereocenters. The molecule has 2 fully saturated rings. The first-order valence-electron chi connectivity index (χ1n) is 7.20. The summed E-state index contributed by atoms with van der Waals surface area (Å²) in [6, 6.07) is 0.0626. The lowest BCUT2D eigenvalue weighted by atomic mass is 10.0. The highest BCUT2D eigenvalue weighted by molar-refractivity contribution is 5.90. The number of nitrogens with zero attached hydrogens (tertiary/aromatic N) is 2. The molecule has 0 aliphatic carbocycles. The number of carbonyl (C=O) groups is 1. The van der Waals surface area contributed by atoms with E-state index in [1.165, 1.54) is 0 Å². The van der Waals surface area contributed by atoms with E-state index in [4.69, 9.17) is 14.0 Å². The van der Waals surface area contributed by atoms with Gasteiger partial charge in [-0.05, 0) is 19.4 Å². The Morgan fingerprint density at radius 2 is 2.52 bits per heavy atom. The number of ether oxygens (including phenoxy) is 2. The molecule has 21 heavy (non-hydrogen) atoms. The van der Waals surface area contributed by atoms with Crippen LogP contribution in [-0.2, 0) is 9.47 Å². The molecule has 2 N–H and O–H groups in total. The van der Waals surface area contributed by atoms with Gasteiger partial charge in [-0.25, -0.2) is 0 Å². The molecule has 2 saturated heterocycles. The van der Waals surface area contributed by atoms with E-state index in [9.17, 15) is 4.79 Å². The van der Waals surface area contributed by atoms with Crippen LogP contribution in [0.25, 0.3) is 0 Å². The van der Waals surface area contributed by atoms with Gasteiger partial charge in [0.1, 0.15) is 5.60 Å². The molecular weight excluding hydrogens is 276 g/mol. The second kappa shape index (κ2) is 6.08. The van der Waals surface area contributed by atoms with Gasteiger partial charge >= 0.3 is 0 Å². The fraction of sp³-hybridized carbons (Fsp3) is 0.769. The Balaban J connectivity index is 1.57. The van der Waals surface area contributed by atoms with Crippen molar-refractivity contribution in [2.75, 3.05) is 33.4 Å². The summed E-state index contributed by atoms with van der Waals surface area (Å²) < 4.78 is 15.9. The minimum Gasteiger partial charge on any atom is -0.378 e. The van der Waals surface area contributed by atoms with Gasteiger partial charge in [0.25, 0.3) is 11.7 Å². The van der Waals surface area contributed by atoms with Gasteiger partial charge in [0.05, 0.1) is 12.6 Å². The zero-order valence-electron chi connectivity index (χ0n) is 12.1. The van der Waals surface area contributed by atoms with Crippen LogP contribution in [0.5, 0.6) is 0 Å². The molecule has 2 aliphatic heterocycles. The lowest BCUT2D eigenvalue weighted by molar-refractivity contribution is -0.0149. The van der Waals surface area contributed by atoms with E-state index >= 15 is 0 Å². The van der Waals surface area contributed by atoms with Crippen LogP contribution in [0.15, 0.2) is 4.52 Å². The molecule has 1 aromatic heterocycles. The number of aromatic nitrogens is 2. The maximum absolute atomic E-state index is 12.1. The molecule has 8 heteroatoms. The molecule has 1 amide bonds. The molecule has 1 aromatic rings. The highest BCUT2D eigenvalue weighted by atomic mass is 16.5. The molecule has 0 aromatic carbocycles. The molecule has 0 saturated carbocycles. The second-order valence-corrected chi connectivity index (χ2v) is 5.48. The van der Waals surface area contributed by atoms with E-state index in [-0.39, 0.29) is 17.8 Å². The predicted octanol–water partition coefficient (Wildman–Crippen LogP) is 0.0294. The molecule has 0 bridgehead atoms. The molecular formula is C13H20N4O4. The van der Waals surface area contributed by atoms with Gasteiger partial charge in [-0.15, -0.1) is 0 Å². The van der Waals surface area contributed by atoms with Gasteiger partial charge in [-0.1, -0.05) is 5.16 Å². The predicted molar refractivity (Wildman–Crippen MR) is 71.8 cm³/mol. The van der Waals surface area contributed by atoms with Crippen molar-refractivity contribution in [1.29, 1.82) is 0 Å². The largest absolute Gasteiger partial charge is 0.378 e. The molecule has 3 heterocycles. The Morgan fingerprint density at radius 3 is 3.19 bits per heavy atom. The Hall–Kier alpha value is -1.51. The van der Waals surface area contributed by atoms with E-state index in [1.54, 1.807) is 7.11 Å². The van der Waals surface area contributed by atoms with Crippen molar-refractivity contribution in [1.82, 2.24) is 20.8 Å². The Labute approximate surface area is 122 Å². The molecule has 0 spiro atoms. The number of methoxy groups -OCH3 is 1. The van der Waals surface area contributed by atoms with Crippen molar-refractivity contribution in [2.24, 2.45) is 0 Å². The van der Waals surface area contributed by atoms with Crippen LogP contribution in [0.2, 0.25) is 0 Å². The number of rotatable bonds is 5. The summed E-state index contributed by atoms with van der Waals surface area (Å²) in [4.78, 5) is 16.2. The van der Waals surface area contributed by atoms with Crippen LogP contribution < -0.4 is 10.6 Å². The number of nitrogens with one attached hydrogen (secondary N) is 2. The van der Waals surface area contributed by atoms with E-state index in [2.05, 4.69) is 20.8 Å². The Morgan fingerprint density at radius 1 is 1.62 bits per heavy atom. The van der Waals surface area contributed by atoms with E-state index in [0.29, 0.717) is 25.6 Å². The van der Waals surface area contributed by atoms with Crippen molar-refractivity contribution >= 4 is 5.91 Å². The molecule has 116 valence electrons. The average molecular weight is 296 g/mol. The van der Waals surface area contributed by atoms with Crippen LogP contribution >= 0.6 is 0 Å². The Bertz CT molecular complexity index is 492. The molecule has 2 aliphatic rings. The van der Waals surface area contributed by atoms with Crippen molar-refractivity contribution < 1.29 is 18.8 Å². The normalized spacial score (nSPS) is 28.9. The number of hydrogen-bond acceptors (Lipinski definition) is 7. The zero-order valence-corrected chi connectivity index (χ0v) is 12.1. The van der Waals surface area contributed by atoms with Crippen molar-refractivity contribution in [2.45, 2.75) is 30.9 Å². The summed E-state index contributed by atoms with van der Waals surface area (Å²) in [5.41, 5.74) is -0.449. The maximum atomic E-state index is 12.1. The number of amides is 1. The maximum Gasteiger partial charge on any atom is 0.292 e. The van der Waals surface area contributed by atoms with Gasteiger partial charge in [0.2, 0.25) is 5.89 Å². The summed E-state index contributed by atoms with van der Waals surface area (Å²) in [5.74, 6) is 0.179. The van der Waals surface area contributed by atoms with Gasteiger partial charge < -0.3 is 24.6 Å². The zero-order chi connectivity index (χ0) is 14.7. The summed E-state index contributed by atoms with van der Waals surface area (Å²) >= 11 is 0. The minimum atomic E-state index is -0.449. The SMILES string of the molecule is COC1(CNC(=O)c2noc(C3CCCN3)n2)CCOC1. The third-order valence-corrected chi connectivity index (χ3v) is 4.07. The summed E-state index contributed by atoms with van der Waals surface area (Å²) in [6.07, 6.45) is 2.78. The molecule has 8 nitrogen and oxygen atoms in total. The number of carbonyl (C=O) groups excluding carboxylic acids is 1. The molecule has 3 rings (SSSR count). The van der Waals surface area contributed by atoms with Gasteiger partial charge in [0.15, 0.2) is 0 Å². The highest BCUT2D eigenvalue weighted by Crippen LogP contribution is 2.22. The van der Waals surface area contributed by atoms with Gasteiger partial charge in [-0.2, -0.15) is 4.98 Å². The first-order chi connectivity index (χ1) is 10.2. The van der Waals surface area contributed by atoms with Gasteiger partial charge in [0, 0.05) is 26.7 Å². The summed E-state index contributed by atoms with van der Waals surface area (Å²) in [6.45, 7) is 2.43. The smallest absolute Gasteiger partial charge is 0.292 e. The monoisotopic (exact) mass is 296 g/mol. The van der Waals surface area contributed by atoms with Crippen LogP contribution in [0.1, 0.15) is 41.8 Å². The van der Waals surface area contributed by atoms with Crippen molar-refractivity contribution in [3.63, 3.8) is 0 Å². The number of hydrogen-bond donors (Lipinski definition) is 2. The minimum absolute atomic E-state index is 0.0591. The average Bonchev–Trinajstić information content (AvgIpc) is 3.25. The Kier molecular flexibility index (Phi) is 4.18. The van der Waals surface area contributed by atoms with E-state index < -0.39 is 5.60 Å². The third-order valence-electron chi connectivity index (χ3n) is 4.07. The molecule has 0 radical (unpaired) electrons. The summed E-state index contributed by atoms with van der Waals surface area (Å²) in [5, 5.41) is 9.78.